The highest BCUT2D eigenvalue weighted by Gasteiger charge is 2.22. The molecule has 0 amide bonds. The molecular formula is C8H11ClN2O2. The molecule has 72 valence electrons. The van der Waals surface area contributed by atoms with Gasteiger partial charge in [-0.15, -0.1) is 0 Å². The zero-order chi connectivity index (χ0) is 10.6. The number of hydrogen-bond donors (Lipinski definition) is 0. The Balaban J connectivity index is 5.17. The largest absolute Gasteiger partial charge is 0.309 e. The van der Waals surface area contributed by atoms with E-state index in [1.165, 1.54) is 0 Å². The first-order valence-corrected chi connectivity index (χ1v) is 3.99. The average Bonchev–Trinajstić information content (AvgIpc) is 2.03. The van der Waals surface area contributed by atoms with Gasteiger partial charge in [-0.1, -0.05) is 32.0 Å². The topological polar surface area (TPSA) is 55.5 Å². The Labute approximate surface area is 81.8 Å². The van der Waals surface area contributed by atoms with Gasteiger partial charge in [0.1, 0.15) is 0 Å². The van der Waals surface area contributed by atoms with Gasteiger partial charge in [0.05, 0.1) is 4.92 Å². The van der Waals surface area contributed by atoms with Crippen molar-refractivity contribution >= 4 is 18.3 Å². The molecule has 5 heteroatoms. The van der Waals surface area contributed by atoms with Crippen LogP contribution in [0.5, 0.6) is 0 Å². The van der Waals surface area contributed by atoms with Crippen molar-refractivity contribution in [3.8, 4) is 0 Å². The van der Waals surface area contributed by atoms with Crippen molar-refractivity contribution < 1.29 is 4.92 Å². The summed E-state index contributed by atoms with van der Waals surface area (Å²) in [6, 6.07) is 0. The van der Waals surface area contributed by atoms with Crippen LogP contribution in [0.15, 0.2) is 28.0 Å². The molecule has 0 aliphatic heterocycles. The van der Waals surface area contributed by atoms with Gasteiger partial charge in [-0.2, -0.15) is 0 Å². The fourth-order valence-electron chi connectivity index (χ4n) is 0.673. The second-order valence-corrected chi connectivity index (χ2v) is 3.09. The van der Waals surface area contributed by atoms with Gasteiger partial charge in [-0.05, 0) is 12.6 Å². The van der Waals surface area contributed by atoms with Crippen molar-refractivity contribution in [2.24, 2.45) is 10.9 Å². The Morgan fingerprint density at radius 2 is 2.08 bits per heavy atom. The zero-order valence-corrected chi connectivity index (χ0v) is 8.34. The molecule has 0 saturated carbocycles. The number of nitro groups is 1. The van der Waals surface area contributed by atoms with Crippen LogP contribution in [0.4, 0.5) is 0 Å². The third kappa shape index (κ3) is 2.99. The lowest BCUT2D eigenvalue weighted by Crippen LogP contribution is -2.07. The number of halogens is 1. The van der Waals surface area contributed by atoms with E-state index in [1.807, 2.05) is 0 Å². The number of allylic oxidation sites excluding steroid dienone is 1. The summed E-state index contributed by atoms with van der Waals surface area (Å²) < 4.78 is 0. The van der Waals surface area contributed by atoms with Crippen LogP contribution in [0.25, 0.3) is 0 Å². The van der Waals surface area contributed by atoms with Crippen LogP contribution in [0, 0.1) is 16.0 Å². The molecule has 0 radical (unpaired) electrons. The summed E-state index contributed by atoms with van der Waals surface area (Å²) >= 11 is 5.51. The standard InChI is InChI=1S/C8H11ClN2O2/c1-5(2)6(3)7(11(12)13)8(9)10-4/h5H,3-4H2,1-2H3/b8-7+. The second-order valence-electron chi connectivity index (χ2n) is 2.73. The van der Waals surface area contributed by atoms with Crippen molar-refractivity contribution in [1.82, 2.24) is 0 Å². The van der Waals surface area contributed by atoms with Crippen molar-refractivity contribution in [1.29, 1.82) is 0 Å². The zero-order valence-electron chi connectivity index (χ0n) is 7.58. The molecule has 0 aliphatic rings. The van der Waals surface area contributed by atoms with Gasteiger partial charge in [0.15, 0.2) is 0 Å². The highest BCUT2D eigenvalue weighted by Crippen LogP contribution is 2.23. The van der Waals surface area contributed by atoms with Crippen LogP contribution < -0.4 is 0 Å². The van der Waals surface area contributed by atoms with E-state index in [4.69, 9.17) is 11.6 Å². The van der Waals surface area contributed by atoms with Crippen LogP contribution in [0.1, 0.15) is 13.8 Å². The van der Waals surface area contributed by atoms with E-state index < -0.39 is 4.92 Å². The Morgan fingerprint density at radius 3 is 2.31 bits per heavy atom. The normalized spacial score (nSPS) is 12.3. The molecule has 0 spiro atoms. The number of rotatable bonds is 4. The van der Waals surface area contributed by atoms with Crippen molar-refractivity contribution in [2.45, 2.75) is 13.8 Å². The van der Waals surface area contributed by atoms with Gasteiger partial charge >= 0.3 is 5.70 Å². The number of nitrogens with zero attached hydrogens (tertiary/aromatic N) is 2. The third-order valence-electron chi connectivity index (χ3n) is 1.52. The van der Waals surface area contributed by atoms with E-state index in [9.17, 15) is 10.1 Å². The quantitative estimate of drug-likeness (QED) is 0.231. The summed E-state index contributed by atoms with van der Waals surface area (Å²) in [5, 5.41) is 10.3. The fraction of sp³-hybridized carbons (Fsp3) is 0.375. The summed E-state index contributed by atoms with van der Waals surface area (Å²) in [5.41, 5.74) is 0.0917. The van der Waals surface area contributed by atoms with Gasteiger partial charge in [0.25, 0.3) is 0 Å². The molecule has 0 bridgehead atoms. The predicted octanol–water partition coefficient (Wildman–Crippen LogP) is 2.58. The first-order chi connectivity index (χ1) is 5.91. The molecule has 0 unspecified atom stereocenters. The fourth-order valence-corrected chi connectivity index (χ4v) is 0.864. The molecule has 0 heterocycles. The van der Waals surface area contributed by atoms with E-state index in [0.717, 1.165) is 0 Å². The first kappa shape index (κ1) is 11.8. The molecule has 0 fully saturated rings. The van der Waals surface area contributed by atoms with Gasteiger partial charge in [-0.3, -0.25) is 10.1 Å². The van der Waals surface area contributed by atoms with E-state index in [0.29, 0.717) is 5.57 Å². The van der Waals surface area contributed by atoms with Crippen LogP contribution in [0.2, 0.25) is 0 Å². The Hall–Kier alpha value is -1.16. The Bertz CT molecular complexity index is 282. The van der Waals surface area contributed by atoms with Gasteiger partial charge in [-0.25, -0.2) is 4.99 Å². The molecule has 0 N–H and O–H groups in total. The van der Waals surface area contributed by atoms with Crippen molar-refractivity contribution in [3.05, 3.63) is 33.1 Å². The summed E-state index contributed by atoms with van der Waals surface area (Å²) in [6.07, 6.45) is 0. The minimum Gasteiger partial charge on any atom is -0.258 e. The lowest BCUT2D eigenvalue weighted by Gasteiger charge is -2.06. The van der Waals surface area contributed by atoms with Crippen LogP contribution >= 0.6 is 11.6 Å². The molecule has 13 heavy (non-hydrogen) atoms. The van der Waals surface area contributed by atoms with Gasteiger partial charge < -0.3 is 0 Å². The number of aliphatic imine (C=N–C) groups is 1. The maximum Gasteiger partial charge on any atom is 0.309 e. The lowest BCUT2D eigenvalue weighted by atomic mass is 10.0. The molecule has 0 aromatic carbocycles. The third-order valence-corrected chi connectivity index (χ3v) is 1.82. The van der Waals surface area contributed by atoms with Crippen LogP contribution in [-0.4, -0.2) is 11.6 Å². The smallest absolute Gasteiger partial charge is 0.258 e. The molecule has 0 rings (SSSR count). The SMILES string of the molecule is C=N/C(Cl)=C(\C(=C)C(C)C)[N+](=O)[O-]. The maximum atomic E-state index is 10.6. The molecule has 0 aromatic heterocycles. The summed E-state index contributed by atoms with van der Waals surface area (Å²) in [7, 11) is 0. The first-order valence-electron chi connectivity index (χ1n) is 3.61. The second kappa shape index (κ2) is 4.77. The lowest BCUT2D eigenvalue weighted by molar-refractivity contribution is -0.422. The molecule has 0 atom stereocenters. The van der Waals surface area contributed by atoms with Crippen LogP contribution in [0.3, 0.4) is 0 Å². The molecule has 0 saturated heterocycles. The average molecular weight is 203 g/mol. The Kier molecular flexibility index (Phi) is 4.34. The predicted molar refractivity (Wildman–Crippen MR) is 53.4 cm³/mol. The van der Waals surface area contributed by atoms with Crippen molar-refractivity contribution in [2.75, 3.05) is 0 Å². The molecule has 0 aliphatic carbocycles. The van der Waals surface area contributed by atoms with Gasteiger partial charge in [0.2, 0.25) is 5.16 Å². The monoisotopic (exact) mass is 202 g/mol. The number of hydrogen-bond acceptors (Lipinski definition) is 3. The highest BCUT2D eigenvalue weighted by molar-refractivity contribution is 6.30. The summed E-state index contributed by atoms with van der Waals surface area (Å²) in [5.74, 6) is -0.0455. The van der Waals surface area contributed by atoms with Crippen molar-refractivity contribution in [3.63, 3.8) is 0 Å². The molecular weight excluding hydrogens is 192 g/mol. The van der Waals surface area contributed by atoms with E-state index >= 15 is 0 Å². The molecule has 0 aromatic rings. The summed E-state index contributed by atoms with van der Waals surface area (Å²) in [6.45, 7) is 10.3. The molecule has 4 nitrogen and oxygen atoms in total. The van der Waals surface area contributed by atoms with E-state index in [-0.39, 0.29) is 16.8 Å². The maximum absolute atomic E-state index is 10.6. The van der Waals surface area contributed by atoms with E-state index in [2.05, 4.69) is 18.3 Å². The minimum absolute atomic E-state index is 0.0455. The Morgan fingerprint density at radius 1 is 1.62 bits per heavy atom. The van der Waals surface area contributed by atoms with E-state index in [1.54, 1.807) is 13.8 Å². The minimum atomic E-state index is -0.598. The highest BCUT2D eigenvalue weighted by atomic mass is 35.5. The summed E-state index contributed by atoms with van der Waals surface area (Å²) in [4.78, 5) is 13.3. The van der Waals surface area contributed by atoms with Gasteiger partial charge in [0, 0.05) is 5.57 Å². The van der Waals surface area contributed by atoms with Crippen LogP contribution in [-0.2, 0) is 0 Å².